The Labute approximate surface area is 187 Å². The fourth-order valence-corrected chi connectivity index (χ4v) is 3.88. The van der Waals surface area contributed by atoms with E-state index in [1.165, 1.54) is 0 Å². The molecule has 147 valence electrons. The number of hydrogen-bond donors (Lipinski definition) is 0. The van der Waals surface area contributed by atoms with E-state index in [1.54, 1.807) is 10.7 Å². The molecule has 1 aromatic carbocycles. The summed E-state index contributed by atoms with van der Waals surface area (Å²) in [5.74, 6) is 0.732. The zero-order valence-corrected chi connectivity index (χ0v) is 19.5. The predicted octanol–water partition coefficient (Wildman–Crippen LogP) is 5.14. The standard InChI is InChI=1S/C20H30FN5.Y/c1-4-14(2)26-10-6-15(7-11-26)16-13-19-17(12-18(16)21)20(24-25(19)3)23-9-5-8-22;/h12-15,22H,4-11H2,1-3H3;/q-2;. The van der Waals surface area contributed by atoms with Crippen LogP contribution in [-0.2, 0) is 39.8 Å². The molecular weight excluding hydrogens is 418 g/mol. The average molecular weight is 448 g/mol. The van der Waals surface area contributed by atoms with Crippen molar-refractivity contribution in [2.24, 2.45) is 7.05 Å². The molecule has 0 bridgehead atoms. The molecule has 0 amide bonds. The molecule has 1 unspecified atom stereocenters. The Morgan fingerprint density at radius 3 is 2.67 bits per heavy atom. The minimum atomic E-state index is -0.135. The van der Waals surface area contributed by atoms with Crippen LogP contribution >= 0.6 is 0 Å². The van der Waals surface area contributed by atoms with Gasteiger partial charge in [-0.15, -0.1) is 0 Å². The molecule has 0 spiro atoms. The number of aryl methyl sites for hydroxylation is 1. The third-order valence-electron chi connectivity index (χ3n) is 5.73. The first-order valence-electron chi connectivity index (χ1n) is 9.77. The summed E-state index contributed by atoms with van der Waals surface area (Å²) in [5, 5.41) is 9.66. The third kappa shape index (κ3) is 5.08. The fourth-order valence-electron chi connectivity index (χ4n) is 3.88. The molecule has 1 N–H and O–H groups in total. The van der Waals surface area contributed by atoms with Crippen molar-refractivity contribution in [3.8, 4) is 0 Å². The van der Waals surface area contributed by atoms with Crippen LogP contribution in [-0.4, -0.2) is 46.9 Å². The van der Waals surface area contributed by atoms with E-state index in [0.717, 1.165) is 48.8 Å². The maximum atomic E-state index is 14.9. The van der Waals surface area contributed by atoms with Gasteiger partial charge < -0.3 is 25.7 Å². The first-order chi connectivity index (χ1) is 12.5. The number of fused-ring (bicyclic) bond motifs is 1. The van der Waals surface area contributed by atoms with Gasteiger partial charge in [0.05, 0.1) is 0 Å². The predicted molar refractivity (Wildman–Crippen MR) is 106 cm³/mol. The number of nitrogens with one attached hydrogen (secondary N) is 1. The van der Waals surface area contributed by atoms with Crippen LogP contribution in [0.2, 0.25) is 0 Å². The van der Waals surface area contributed by atoms with Gasteiger partial charge in [0.1, 0.15) is 5.82 Å². The largest absolute Gasteiger partial charge is 0.677 e. The molecule has 1 atom stereocenters. The Kier molecular flexibility index (Phi) is 8.66. The van der Waals surface area contributed by atoms with Crippen molar-refractivity contribution in [2.45, 2.75) is 51.5 Å². The summed E-state index contributed by atoms with van der Waals surface area (Å²) in [6, 6.07) is 4.19. The van der Waals surface area contributed by atoms with E-state index >= 15 is 0 Å². The van der Waals surface area contributed by atoms with Crippen molar-refractivity contribution in [3.63, 3.8) is 0 Å². The van der Waals surface area contributed by atoms with E-state index in [2.05, 4.69) is 29.2 Å². The van der Waals surface area contributed by atoms with Crippen LogP contribution in [0.25, 0.3) is 22.0 Å². The second-order valence-electron chi connectivity index (χ2n) is 7.39. The van der Waals surface area contributed by atoms with Gasteiger partial charge in [0.15, 0.2) is 0 Å². The van der Waals surface area contributed by atoms with Gasteiger partial charge in [-0.1, -0.05) is 19.9 Å². The number of rotatable bonds is 7. The molecule has 1 aliphatic rings. The van der Waals surface area contributed by atoms with Gasteiger partial charge >= 0.3 is 0 Å². The Hall–Kier alpha value is -0.556. The molecule has 3 rings (SSSR count). The van der Waals surface area contributed by atoms with Crippen LogP contribution in [0, 0.1) is 5.82 Å². The summed E-state index contributed by atoms with van der Waals surface area (Å²) in [4.78, 5) is 2.51. The summed E-state index contributed by atoms with van der Waals surface area (Å²) in [6.07, 6.45) is 3.87. The number of piperidine rings is 1. The number of nitrogens with zero attached hydrogens (tertiary/aromatic N) is 4. The van der Waals surface area contributed by atoms with E-state index in [4.69, 9.17) is 5.73 Å². The van der Waals surface area contributed by atoms with Gasteiger partial charge in [-0.25, -0.2) is 4.39 Å². The van der Waals surface area contributed by atoms with E-state index in [-0.39, 0.29) is 44.4 Å². The van der Waals surface area contributed by atoms with E-state index in [9.17, 15) is 4.39 Å². The molecule has 1 aliphatic heterocycles. The second-order valence-corrected chi connectivity index (χ2v) is 7.39. The van der Waals surface area contributed by atoms with Crippen LogP contribution in [0.3, 0.4) is 0 Å². The van der Waals surface area contributed by atoms with Gasteiger partial charge in [-0.3, -0.25) is 0 Å². The number of aromatic nitrogens is 2. The van der Waals surface area contributed by atoms with Crippen LogP contribution in [0.1, 0.15) is 51.0 Å². The first-order valence-corrected chi connectivity index (χ1v) is 9.77. The minimum Gasteiger partial charge on any atom is -0.677 e. The van der Waals surface area contributed by atoms with Gasteiger partial charge in [0.25, 0.3) is 0 Å². The molecule has 1 fully saturated rings. The van der Waals surface area contributed by atoms with Crippen molar-refractivity contribution in [1.29, 1.82) is 0 Å². The quantitative estimate of drug-likeness (QED) is 0.551. The number of likely N-dealkylation sites (tertiary alicyclic amines) is 1. The normalized spacial score (nSPS) is 17.1. The molecule has 27 heavy (non-hydrogen) atoms. The molecule has 1 radical (unpaired) electrons. The molecule has 2 aromatic rings. The van der Waals surface area contributed by atoms with Crippen LogP contribution in [0.15, 0.2) is 12.1 Å². The van der Waals surface area contributed by atoms with Crippen molar-refractivity contribution in [3.05, 3.63) is 34.6 Å². The Balaban J connectivity index is 0.00000261. The van der Waals surface area contributed by atoms with Crippen molar-refractivity contribution in [2.75, 3.05) is 26.2 Å². The minimum absolute atomic E-state index is 0. The smallest absolute Gasteiger partial charge is 0.127 e. The van der Waals surface area contributed by atoms with Gasteiger partial charge in [0.2, 0.25) is 0 Å². The first kappa shape index (κ1) is 22.7. The Morgan fingerprint density at radius 1 is 1.33 bits per heavy atom. The topological polar surface area (TPSA) is 59.0 Å². The average Bonchev–Trinajstić information content (AvgIpc) is 2.95. The maximum Gasteiger partial charge on any atom is 0.127 e. The zero-order chi connectivity index (χ0) is 18.7. The molecule has 7 heteroatoms. The molecule has 2 heterocycles. The second kappa shape index (κ2) is 10.3. The van der Waals surface area contributed by atoms with Crippen molar-refractivity contribution >= 4 is 16.7 Å². The summed E-state index contributed by atoms with van der Waals surface area (Å²) >= 11 is 0. The monoisotopic (exact) mass is 448 g/mol. The number of halogens is 1. The SMILES string of the molecule is CCC(C)N1CCC(c2cc3c(cc2F)c([N-]CCC[NH-])nn3C)CC1.[Y]. The molecule has 1 aromatic heterocycles. The van der Waals surface area contributed by atoms with Crippen molar-refractivity contribution < 1.29 is 37.1 Å². The number of benzene rings is 1. The van der Waals surface area contributed by atoms with Crippen LogP contribution < -0.4 is 0 Å². The zero-order valence-electron chi connectivity index (χ0n) is 16.7. The van der Waals surface area contributed by atoms with Gasteiger partial charge in [0, 0.05) is 56.7 Å². The Bertz CT molecular complexity index is 740. The fraction of sp³-hybridized carbons (Fsp3) is 0.650. The van der Waals surface area contributed by atoms with E-state index < -0.39 is 0 Å². The van der Waals surface area contributed by atoms with Crippen LogP contribution in [0.4, 0.5) is 10.2 Å². The third-order valence-corrected chi connectivity index (χ3v) is 5.73. The number of hydrogen-bond acceptors (Lipinski definition) is 2. The summed E-state index contributed by atoms with van der Waals surface area (Å²) in [7, 11) is 1.89. The molecule has 0 aliphatic carbocycles. The molecule has 5 nitrogen and oxygen atoms in total. The van der Waals surface area contributed by atoms with E-state index in [0.29, 0.717) is 31.4 Å². The van der Waals surface area contributed by atoms with Gasteiger partial charge in [-0.2, -0.15) is 6.54 Å². The molecule has 1 saturated heterocycles. The van der Waals surface area contributed by atoms with E-state index in [1.807, 2.05) is 13.1 Å². The Morgan fingerprint density at radius 2 is 2.04 bits per heavy atom. The molecule has 0 saturated carbocycles. The summed E-state index contributed by atoms with van der Waals surface area (Å²) < 4.78 is 16.7. The summed E-state index contributed by atoms with van der Waals surface area (Å²) in [5.41, 5.74) is 8.98. The van der Waals surface area contributed by atoms with Gasteiger partial charge in [-0.05, 0) is 68.7 Å². The molecular formula is C20H30FN5Y-2. The van der Waals surface area contributed by atoms with Crippen LogP contribution in [0.5, 0.6) is 0 Å². The van der Waals surface area contributed by atoms with Crippen molar-refractivity contribution in [1.82, 2.24) is 14.7 Å². The maximum absolute atomic E-state index is 14.9. The summed E-state index contributed by atoms with van der Waals surface area (Å²) in [6.45, 7) is 7.48.